The van der Waals surface area contributed by atoms with Crippen molar-refractivity contribution < 1.29 is 9.53 Å². The molecular formula is C16H16N2O2. The van der Waals surface area contributed by atoms with Gasteiger partial charge in [-0.3, -0.25) is 4.79 Å². The quantitative estimate of drug-likeness (QED) is 0.868. The summed E-state index contributed by atoms with van der Waals surface area (Å²) >= 11 is 0. The van der Waals surface area contributed by atoms with Crippen molar-refractivity contribution in [1.29, 1.82) is 0 Å². The minimum Gasteiger partial charge on any atom is -0.482 e. The molecule has 0 atom stereocenters. The zero-order valence-corrected chi connectivity index (χ0v) is 11.1. The molecule has 0 spiro atoms. The molecule has 0 aliphatic carbocycles. The first-order chi connectivity index (χ1) is 9.75. The van der Waals surface area contributed by atoms with E-state index in [1.807, 2.05) is 48.5 Å². The summed E-state index contributed by atoms with van der Waals surface area (Å²) in [4.78, 5) is 13.8. The van der Waals surface area contributed by atoms with Crippen LogP contribution < -0.4 is 15.4 Å². The molecule has 1 aliphatic heterocycles. The Balaban J connectivity index is 1.80. The van der Waals surface area contributed by atoms with Crippen molar-refractivity contribution in [3.8, 4) is 5.75 Å². The summed E-state index contributed by atoms with van der Waals surface area (Å²) in [6, 6.07) is 15.3. The summed E-state index contributed by atoms with van der Waals surface area (Å²) in [6.07, 6.45) is 0.729. The first-order valence-electron chi connectivity index (χ1n) is 6.61. The third-order valence-electron chi connectivity index (χ3n) is 3.47. The highest BCUT2D eigenvalue weighted by atomic mass is 16.5. The number of rotatable bonds is 3. The van der Waals surface area contributed by atoms with E-state index >= 15 is 0 Å². The molecule has 1 aliphatic rings. The minimum atomic E-state index is -0.0156. The number of amides is 1. The maximum Gasteiger partial charge on any atom is 0.265 e. The Morgan fingerprint density at radius 2 is 1.85 bits per heavy atom. The summed E-state index contributed by atoms with van der Waals surface area (Å²) in [6.45, 7) is 0.703. The first-order valence-corrected chi connectivity index (χ1v) is 6.61. The van der Waals surface area contributed by atoms with Crippen molar-refractivity contribution in [1.82, 2.24) is 0 Å². The number of carbonyl (C=O) groups excluding carboxylic acids is 1. The van der Waals surface area contributed by atoms with Crippen LogP contribution in [0.4, 0.5) is 11.4 Å². The smallest absolute Gasteiger partial charge is 0.265 e. The maximum atomic E-state index is 12.0. The summed E-state index contributed by atoms with van der Waals surface area (Å²) in [5.41, 5.74) is 8.59. The van der Waals surface area contributed by atoms with Crippen LogP contribution in [0.1, 0.15) is 5.56 Å². The van der Waals surface area contributed by atoms with E-state index in [0.717, 1.165) is 29.1 Å². The molecule has 20 heavy (non-hydrogen) atoms. The summed E-state index contributed by atoms with van der Waals surface area (Å²) in [5, 5.41) is 0. The standard InChI is InChI=1S/C16H16N2O2/c17-13-6-2-1-5-12(13)9-10-18-14-7-3-4-8-15(14)20-11-16(18)19/h1-8H,9-11,17H2. The summed E-state index contributed by atoms with van der Waals surface area (Å²) in [7, 11) is 0. The number of fused-ring (bicyclic) bond motifs is 1. The van der Waals surface area contributed by atoms with Crippen LogP contribution in [0.25, 0.3) is 0 Å². The molecule has 4 heteroatoms. The van der Waals surface area contributed by atoms with Gasteiger partial charge in [0.1, 0.15) is 5.75 Å². The van der Waals surface area contributed by atoms with Crippen LogP contribution >= 0.6 is 0 Å². The van der Waals surface area contributed by atoms with Crippen LogP contribution in [0, 0.1) is 0 Å². The van der Waals surface area contributed by atoms with Crippen LogP contribution in [0.3, 0.4) is 0 Å². The number of hydrogen-bond donors (Lipinski definition) is 1. The zero-order chi connectivity index (χ0) is 13.9. The van der Waals surface area contributed by atoms with Crippen molar-refractivity contribution in [2.24, 2.45) is 0 Å². The van der Waals surface area contributed by atoms with Crippen molar-refractivity contribution >= 4 is 17.3 Å². The molecule has 0 fully saturated rings. The molecule has 102 valence electrons. The summed E-state index contributed by atoms with van der Waals surface area (Å²) in [5.74, 6) is 0.742. The van der Waals surface area contributed by atoms with Gasteiger partial charge in [-0.25, -0.2) is 0 Å². The molecule has 0 saturated carbocycles. The average Bonchev–Trinajstić information content (AvgIpc) is 2.48. The highest BCUT2D eigenvalue weighted by Crippen LogP contribution is 2.31. The Morgan fingerprint density at radius 3 is 2.70 bits per heavy atom. The fourth-order valence-electron chi connectivity index (χ4n) is 2.39. The number of para-hydroxylation sites is 3. The van der Waals surface area contributed by atoms with Gasteiger partial charge in [0, 0.05) is 12.2 Å². The van der Waals surface area contributed by atoms with Gasteiger partial charge >= 0.3 is 0 Å². The van der Waals surface area contributed by atoms with Gasteiger partial charge in [0.05, 0.1) is 5.69 Å². The first kappa shape index (κ1) is 12.5. The molecule has 0 radical (unpaired) electrons. The summed E-state index contributed by atoms with van der Waals surface area (Å²) < 4.78 is 5.43. The second kappa shape index (κ2) is 5.25. The van der Waals surface area contributed by atoms with Crippen LogP contribution in [0.5, 0.6) is 5.75 Å². The lowest BCUT2D eigenvalue weighted by Crippen LogP contribution is -2.40. The monoisotopic (exact) mass is 268 g/mol. The van der Waals surface area contributed by atoms with Gasteiger partial charge < -0.3 is 15.4 Å². The van der Waals surface area contributed by atoms with E-state index in [0.29, 0.717) is 6.54 Å². The predicted octanol–water partition coefficient (Wildman–Crippen LogP) is 2.24. The molecule has 4 nitrogen and oxygen atoms in total. The Morgan fingerprint density at radius 1 is 1.10 bits per heavy atom. The third kappa shape index (κ3) is 2.32. The second-order valence-corrected chi connectivity index (χ2v) is 4.75. The SMILES string of the molecule is Nc1ccccc1CCN1C(=O)COc2ccccc21. The number of nitrogen functional groups attached to an aromatic ring is 1. The number of benzene rings is 2. The van der Waals surface area contributed by atoms with Crippen LogP contribution in [-0.2, 0) is 11.2 Å². The number of anilines is 2. The van der Waals surface area contributed by atoms with E-state index in [4.69, 9.17) is 10.5 Å². The topological polar surface area (TPSA) is 55.6 Å². The van der Waals surface area contributed by atoms with Gasteiger partial charge in [-0.1, -0.05) is 30.3 Å². The Kier molecular flexibility index (Phi) is 3.29. The largest absolute Gasteiger partial charge is 0.482 e. The molecule has 1 amide bonds. The lowest BCUT2D eigenvalue weighted by Gasteiger charge is -2.29. The van der Waals surface area contributed by atoms with Gasteiger partial charge in [0.15, 0.2) is 6.61 Å². The molecule has 0 aromatic heterocycles. The Labute approximate surface area is 117 Å². The van der Waals surface area contributed by atoms with Crippen molar-refractivity contribution in [3.05, 3.63) is 54.1 Å². The van der Waals surface area contributed by atoms with Crippen LogP contribution in [0.2, 0.25) is 0 Å². The number of ether oxygens (including phenoxy) is 1. The van der Waals surface area contributed by atoms with Crippen molar-refractivity contribution in [2.45, 2.75) is 6.42 Å². The predicted molar refractivity (Wildman–Crippen MR) is 78.8 cm³/mol. The number of nitrogens with zero attached hydrogens (tertiary/aromatic N) is 1. The molecular weight excluding hydrogens is 252 g/mol. The zero-order valence-electron chi connectivity index (χ0n) is 11.1. The van der Waals surface area contributed by atoms with Gasteiger partial charge in [0.2, 0.25) is 0 Å². The molecule has 2 aromatic rings. The van der Waals surface area contributed by atoms with E-state index in [1.165, 1.54) is 0 Å². The lowest BCUT2D eigenvalue weighted by atomic mass is 10.1. The second-order valence-electron chi connectivity index (χ2n) is 4.75. The van der Waals surface area contributed by atoms with Gasteiger partial charge in [-0.05, 0) is 30.2 Å². The maximum absolute atomic E-state index is 12.0. The van der Waals surface area contributed by atoms with Crippen LogP contribution in [0.15, 0.2) is 48.5 Å². The fourth-order valence-corrected chi connectivity index (χ4v) is 2.39. The normalized spacial score (nSPS) is 13.8. The average molecular weight is 268 g/mol. The number of carbonyl (C=O) groups is 1. The molecule has 1 heterocycles. The minimum absolute atomic E-state index is 0.0156. The van der Waals surface area contributed by atoms with E-state index in [1.54, 1.807) is 4.90 Å². The Hall–Kier alpha value is -2.49. The van der Waals surface area contributed by atoms with Gasteiger partial charge in [-0.15, -0.1) is 0 Å². The third-order valence-corrected chi connectivity index (χ3v) is 3.47. The van der Waals surface area contributed by atoms with Gasteiger partial charge in [-0.2, -0.15) is 0 Å². The van der Waals surface area contributed by atoms with Crippen LogP contribution in [-0.4, -0.2) is 19.1 Å². The molecule has 2 N–H and O–H groups in total. The highest BCUT2D eigenvalue weighted by molar-refractivity contribution is 5.97. The van der Waals surface area contributed by atoms with Gasteiger partial charge in [0.25, 0.3) is 5.91 Å². The fraction of sp³-hybridized carbons (Fsp3) is 0.188. The molecule has 0 bridgehead atoms. The van der Waals surface area contributed by atoms with E-state index in [-0.39, 0.29) is 12.5 Å². The molecule has 0 unspecified atom stereocenters. The number of hydrogen-bond acceptors (Lipinski definition) is 3. The molecule has 3 rings (SSSR count). The Bertz CT molecular complexity index is 640. The van der Waals surface area contributed by atoms with E-state index in [2.05, 4.69) is 0 Å². The molecule has 2 aromatic carbocycles. The van der Waals surface area contributed by atoms with E-state index < -0.39 is 0 Å². The van der Waals surface area contributed by atoms with E-state index in [9.17, 15) is 4.79 Å². The molecule has 0 saturated heterocycles. The lowest BCUT2D eigenvalue weighted by molar-refractivity contribution is -0.121. The highest BCUT2D eigenvalue weighted by Gasteiger charge is 2.24. The van der Waals surface area contributed by atoms with Crippen molar-refractivity contribution in [2.75, 3.05) is 23.8 Å². The number of nitrogens with two attached hydrogens (primary N) is 1. The van der Waals surface area contributed by atoms with Crippen molar-refractivity contribution in [3.63, 3.8) is 0 Å².